The van der Waals surface area contributed by atoms with Crippen LogP contribution in [0.4, 0.5) is 0 Å². The Morgan fingerprint density at radius 3 is 0.756 bits per heavy atom. The molecule has 0 atom stereocenters. The van der Waals surface area contributed by atoms with Crippen molar-refractivity contribution >= 4 is 0 Å². The van der Waals surface area contributed by atoms with Gasteiger partial charge in [0.25, 0.3) is 0 Å². The molecule has 1 heteroatoms. The average molecular weight is 543 g/mol. The monoisotopic (exact) mass is 542 g/mol. The van der Waals surface area contributed by atoms with Crippen LogP contribution in [0.3, 0.4) is 0 Å². The van der Waals surface area contributed by atoms with Crippen molar-refractivity contribution in [3.8, 4) is 0 Å². The number of benzene rings is 6. The van der Waals surface area contributed by atoms with Gasteiger partial charge in [-0.3, -0.25) is 0 Å². The standard InChI is InChI=1S/C19H16.C13H12.C6H6.2CH4.H2O.H2/c1-4-10-16(11-5-1)19(17-12-6-2-7-13-17)18-14-8-3-9-15-18;1-3-7-12(8-4-1)11-13-9-5-2-6-10-13;1-2-4-6-5-3-1;;;;/h1-15,19H;1-10H,11H2;1-6H;2*1H4;1H2;1H. The molecule has 41 heavy (non-hydrogen) atoms. The van der Waals surface area contributed by atoms with Crippen molar-refractivity contribution in [2.75, 3.05) is 0 Å². The van der Waals surface area contributed by atoms with E-state index in [1.165, 1.54) is 27.8 Å². The van der Waals surface area contributed by atoms with Crippen molar-refractivity contribution in [1.29, 1.82) is 0 Å². The van der Waals surface area contributed by atoms with Crippen LogP contribution in [0.5, 0.6) is 0 Å². The molecule has 0 saturated carbocycles. The van der Waals surface area contributed by atoms with E-state index in [1.54, 1.807) is 0 Å². The fourth-order valence-corrected chi connectivity index (χ4v) is 4.33. The maximum absolute atomic E-state index is 2.20. The van der Waals surface area contributed by atoms with Crippen LogP contribution in [-0.4, -0.2) is 5.48 Å². The van der Waals surface area contributed by atoms with E-state index in [1.807, 2.05) is 36.4 Å². The van der Waals surface area contributed by atoms with Crippen LogP contribution < -0.4 is 0 Å². The van der Waals surface area contributed by atoms with Crippen LogP contribution in [0.15, 0.2) is 188 Å². The molecule has 6 rings (SSSR count). The molecule has 6 aromatic carbocycles. The Hall–Kier alpha value is -4.72. The van der Waals surface area contributed by atoms with Crippen LogP contribution in [0.1, 0.15) is 50.0 Å². The molecule has 0 fully saturated rings. The molecule has 0 heterocycles. The molecule has 0 spiro atoms. The molecule has 1 nitrogen and oxygen atoms in total. The smallest absolute Gasteiger partial charge is 0.0339 e. The molecule has 6 aromatic rings. The van der Waals surface area contributed by atoms with Gasteiger partial charge in [0.05, 0.1) is 0 Å². The second kappa shape index (κ2) is 20.2. The molecule has 2 N–H and O–H groups in total. The minimum absolute atomic E-state index is 0. The van der Waals surface area contributed by atoms with Gasteiger partial charge in [-0.05, 0) is 34.2 Å². The highest BCUT2D eigenvalue weighted by Crippen LogP contribution is 2.31. The van der Waals surface area contributed by atoms with Crippen molar-refractivity contribution in [2.45, 2.75) is 27.2 Å². The van der Waals surface area contributed by atoms with Crippen molar-refractivity contribution in [3.05, 3.63) is 216 Å². The predicted molar refractivity (Wildman–Crippen MR) is 182 cm³/mol. The lowest BCUT2D eigenvalue weighted by molar-refractivity contribution is 0.824. The van der Waals surface area contributed by atoms with Crippen molar-refractivity contribution in [1.82, 2.24) is 0 Å². The molecule has 0 aliphatic carbocycles. The van der Waals surface area contributed by atoms with Crippen LogP contribution in [0.25, 0.3) is 0 Å². The first-order chi connectivity index (χ1) is 18.9. The Morgan fingerprint density at radius 2 is 0.512 bits per heavy atom. The summed E-state index contributed by atoms with van der Waals surface area (Å²) in [4.78, 5) is 0. The first-order valence-electron chi connectivity index (χ1n) is 13.1. The predicted octanol–water partition coefficient (Wildman–Crippen LogP) is 10.5. The minimum Gasteiger partial charge on any atom is -0.412 e. The van der Waals surface area contributed by atoms with Crippen molar-refractivity contribution in [2.24, 2.45) is 0 Å². The van der Waals surface area contributed by atoms with Crippen LogP contribution >= 0.6 is 0 Å². The third kappa shape index (κ3) is 11.9. The van der Waals surface area contributed by atoms with Gasteiger partial charge in [-0.25, -0.2) is 0 Å². The molecule has 0 unspecified atom stereocenters. The first-order valence-corrected chi connectivity index (χ1v) is 13.1. The van der Waals surface area contributed by atoms with E-state index in [0.29, 0.717) is 5.92 Å². The highest BCUT2D eigenvalue weighted by atomic mass is 16.0. The molecule has 0 amide bonds. The lowest BCUT2D eigenvalue weighted by Crippen LogP contribution is -2.02. The van der Waals surface area contributed by atoms with Gasteiger partial charge in [0.1, 0.15) is 0 Å². The van der Waals surface area contributed by atoms with Gasteiger partial charge in [-0.15, -0.1) is 0 Å². The Balaban J connectivity index is 0.000000641. The summed E-state index contributed by atoms with van der Waals surface area (Å²) < 4.78 is 0. The molecule has 0 aromatic heterocycles. The molecule has 212 valence electrons. The summed E-state index contributed by atoms with van der Waals surface area (Å²) in [5, 5.41) is 0. The molecule has 0 radical (unpaired) electrons. The Morgan fingerprint density at radius 1 is 0.317 bits per heavy atom. The lowest BCUT2D eigenvalue weighted by atomic mass is 9.85. The van der Waals surface area contributed by atoms with Gasteiger partial charge < -0.3 is 5.48 Å². The number of hydrogen-bond acceptors (Lipinski definition) is 0. The van der Waals surface area contributed by atoms with Gasteiger partial charge in [-0.1, -0.05) is 203 Å². The maximum atomic E-state index is 2.20. The van der Waals surface area contributed by atoms with Gasteiger partial charge in [0.2, 0.25) is 0 Å². The molecule has 0 aliphatic heterocycles. The zero-order valence-electron chi connectivity index (χ0n) is 22.2. The van der Waals surface area contributed by atoms with E-state index in [9.17, 15) is 0 Å². The van der Waals surface area contributed by atoms with E-state index in [0.717, 1.165) is 6.42 Å². The zero-order chi connectivity index (χ0) is 26.1. The van der Waals surface area contributed by atoms with Crippen molar-refractivity contribution < 1.29 is 6.90 Å². The minimum atomic E-state index is 0. The fraction of sp³-hybridized carbons (Fsp3) is 0.100. The molecular weight excluding hydrogens is 496 g/mol. The van der Waals surface area contributed by atoms with Gasteiger partial charge in [0, 0.05) is 7.34 Å². The summed E-state index contributed by atoms with van der Waals surface area (Å²) >= 11 is 0. The maximum Gasteiger partial charge on any atom is 0.0339 e. The van der Waals surface area contributed by atoms with E-state index in [2.05, 4.69) is 152 Å². The summed E-state index contributed by atoms with van der Waals surface area (Å²) in [6.45, 7) is 0. The van der Waals surface area contributed by atoms with Gasteiger partial charge in [-0.2, -0.15) is 0 Å². The van der Waals surface area contributed by atoms with E-state index >= 15 is 0 Å². The van der Waals surface area contributed by atoms with Crippen LogP contribution in [0, 0.1) is 0 Å². The highest BCUT2D eigenvalue weighted by molar-refractivity contribution is 5.42. The summed E-state index contributed by atoms with van der Waals surface area (Å²) in [6.07, 6.45) is 1.03. The quantitative estimate of drug-likeness (QED) is 0.194. The SMILES string of the molecule is C.C.O.[HH].c1ccc(C(c2ccccc2)c2ccccc2)cc1.c1ccc(Cc2ccccc2)cc1.c1ccccc1. The second-order valence-electron chi connectivity index (χ2n) is 8.97. The third-order valence-corrected chi connectivity index (χ3v) is 6.16. The lowest BCUT2D eigenvalue weighted by Gasteiger charge is -2.18. The molecule has 0 saturated heterocycles. The number of rotatable bonds is 5. The van der Waals surface area contributed by atoms with Gasteiger partial charge >= 0.3 is 0 Å². The van der Waals surface area contributed by atoms with E-state index in [-0.39, 0.29) is 21.8 Å². The normalized spacial score (nSPS) is 9.20. The summed E-state index contributed by atoms with van der Waals surface area (Å²) in [6, 6.07) is 65.1. The zero-order valence-corrected chi connectivity index (χ0v) is 22.2. The summed E-state index contributed by atoms with van der Waals surface area (Å²) in [5.41, 5.74) is 6.74. The summed E-state index contributed by atoms with van der Waals surface area (Å²) in [7, 11) is 0. The Kier molecular flexibility index (Phi) is 16.9. The average Bonchev–Trinajstić information content (AvgIpc) is 3.02. The Labute approximate surface area is 249 Å². The third-order valence-electron chi connectivity index (χ3n) is 6.16. The first kappa shape index (κ1) is 34.3. The van der Waals surface area contributed by atoms with E-state index in [4.69, 9.17) is 0 Å². The number of hydrogen-bond donors (Lipinski definition) is 0. The van der Waals surface area contributed by atoms with Crippen LogP contribution in [0.2, 0.25) is 0 Å². The molecular formula is C40H46O. The molecule has 0 bridgehead atoms. The summed E-state index contributed by atoms with van der Waals surface area (Å²) in [5.74, 6) is 0.309. The van der Waals surface area contributed by atoms with Crippen LogP contribution in [-0.2, 0) is 6.42 Å². The van der Waals surface area contributed by atoms with Crippen molar-refractivity contribution in [3.63, 3.8) is 0 Å². The topological polar surface area (TPSA) is 31.5 Å². The highest BCUT2D eigenvalue weighted by Gasteiger charge is 2.15. The van der Waals surface area contributed by atoms with E-state index < -0.39 is 0 Å². The Bertz CT molecular complexity index is 1240. The largest absolute Gasteiger partial charge is 0.412 e. The second-order valence-corrected chi connectivity index (χ2v) is 8.97. The van der Waals surface area contributed by atoms with Gasteiger partial charge in [0.15, 0.2) is 0 Å². The molecule has 0 aliphatic rings. The fourth-order valence-electron chi connectivity index (χ4n) is 4.33.